The number of hydrogen-bond donors (Lipinski definition) is 0. The van der Waals surface area contributed by atoms with Crippen LogP contribution in [0.2, 0.25) is 0 Å². The Bertz CT molecular complexity index is 460. The Morgan fingerprint density at radius 1 is 0.944 bits per heavy atom. The molecule has 0 radical (unpaired) electrons. The molecule has 2 aromatic carbocycles. The minimum absolute atomic E-state index is 0.950. The lowest BCUT2D eigenvalue weighted by molar-refractivity contribution is 0.416. The SMILES string of the molecule is CC.CCc1ccc(-c2ccccc2)c(OC)c1. The van der Waals surface area contributed by atoms with Gasteiger partial charge in [-0.3, -0.25) is 0 Å². The van der Waals surface area contributed by atoms with Crippen molar-refractivity contribution < 1.29 is 4.74 Å². The van der Waals surface area contributed by atoms with E-state index >= 15 is 0 Å². The fraction of sp³-hybridized carbons (Fsp3) is 0.294. The van der Waals surface area contributed by atoms with Crippen LogP contribution in [0.5, 0.6) is 5.75 Å². The van der Waals surface area contributed by atoms with Gasteiger partial charge in [0.2, 0.25) is 0 Å². The Morgan fingerprint density at radius 3 is 2.17 bits per heavy atom. The van der Waals surface area contributed by atoms with Gasteiger partial charge in [-0.05, 0) is 23.6 Å². The fourth-order valence-corrected chi connectivity index (χ4v) is 1.81. The summed E-state index contributed by atoms with van der Waals surface area (Å²) >= 11 is 0. The van der Waals surface area contributed by atoms with Crippen molar-refractivity contribution in [1.29, 1.82) is 0 Å². The molecule has 0 aliphatic carbocycles. The highest BCUT2D eigenvalue weighted by atomic mass is 16.5. The van der Waals surface area contributed by atoms with Gasteiger partial charge < -0.3 is 4.74 Å². The Hall–Kier alpha value is -1.76. The van der Waals surface area contributed by atoms with Crippen LogP contribution in [0.3, 0.4) is 0 Å². The maximum absolute atomic E-state index is 5.44. The molecule has 0 fully saturated rings. The van der Waals surface area contributed by atoms with Crippen LogP contribution in [0.4, 0.5) is 0 Å². The summed E-state index contributed by atoms with van der Waals surface area (Å²) in [6.07, 6.45) is 1.03. The van der Waals surface area contributed by atoms with Crippen molar-refractivity contribution in [3.05, 3.63) is 54.1 Å². The van der Waals surface area contributed by atoms with E-state index in [1.54, 1.807) is 7.11 Å². The van der Waals surface area contributed by atoms with Gasteiger partial charge in [0.05, 0.1) is 7.11 Å². The predicted molar refractivity (Wildman–Crippen MR) is 79.2 cm³/mol. The Morgan fingerprint density at radius 2 is 1.61 bits per heavy atom. The summed E-state index contributed by atoms with van der Waals surface area (Å²) in [5.74, 6) is 0.950. The van der Waals surface area contributed by atoms with E-state index in [9.17, 15) is 0 Å². The molecule has 0 N–H and O–H groups in total. The molecule has 18 heavy (non-hydrogen) atoms. The molecule has 0 saturated heterocycles. The zero-order chi connectivity index (χ0) is 13.4. The van der Waals surface area contributed by atoms with Gasteiger partial charge in [-0.2, -0.15) is 0 Å². The highest BCUT2D eigenvalue weighted by Crippen LogP contribution is 2.30. The standard InChI is InChI=1S/C15H16O.C2H6/c1-3-12-9-10-14(15(11-12)16-2)13-7-5-4-6-8-13;1-2/h4-11H,3H2,1-2H3;1-2H3. The van der Waals surface area contributed by atoms with Gasteiger partial charge >= 0.3 is 0 Å². The van der Waals surface area contributed by atoms with Crippen molar-refractivity contribution in [3.8, 4) is 16.9 Å². The van der Waals surface area contributed by atoms with Crippen molar-refractivity contribution >= 4 is 0 Å². The molecule has 0 unspecified atom stereocenters. The molecule has 0 spiro atoms. The van der Waals surface area contributed by atoms with Crippen LogP contribution in [0, 0.1) is 0 Å². The molecule has 0 bridgehead atoms. The van der Waals surface area contributed by atoms with Crippen LogP contribution in [-0.4, -0.2) is 7.11 Å². The molecule has 1 heteroatoms. The maximum Gasteiger partial charge on any atom is 0.126 e. The highest BCUT2D eigenvalue weighted by Gasteiger charge is 2.05. The van der Waals surface area contributed by atoms with E-state index < -0.39 is 0 Å². The second-order valence-electron chi connectivity index (χ2n) is 3.75. The van der Waals surface area contributed by atoms with Crippen LogP contribution in [0.1, 0.15) is 26.3 Å². The first-order valence-corrected chi connectivity index (χ1v) is 6.57. The Kier molecular flexibility index (Phi) is 5.99. The fourth-order valence-electron chi connectivity index (χ4n) is 1.81. The summed E-state index contributed by atoms with van der Waals surface area (Å²) in [6, 6.07) is 16.7. The van der Waals surface area contributed by atoms with Gasteiger partial charge in [-0.25, -0.2) is 0 Å². The molecule has 2 rings (SSSR count). The molecule has 0 aliphatic rings. The number of ether oxygens (including phenoxy) is 1. The maximum atomic E-state index is 5.44. The summed E-state index contributed by atoms with van der Waals surface area (Å²) in [6.45, 7) is 6.15. The average molecular weight is 242 g/mol. The first kappa shape index (κ1) is 14.3. The van der Waals surface area contributed by atoms with E-state index in [-0.39, 0.29) is 0 Å². The summed E-state index contributed by atoms with van der Waals surface area (Å²) in [4.78, 5) is 0. The Labute approximate surface area is 110 Å². The third kappa shape index (κ3) is 3.36. The molecule has 0 heterocycles. The second kappa shape index (κ2) is 7.54. The summed E-state index contributed by atoms with van der Waals surface area (Å²) in [5, 5.41) is 0. The van der Waals surface area contributed by atoms with Gasteiger partial charge in [-0.1, -0.05) is 63.2 Å². The van der Waals surface area contributed by atoms with Crippen molar-refractivity contribution in [3.63, 3.8) is 0 Å². The molecule has 0 aromatic heterocycles. The van der Waals surface area contributed by atoms with Crippen LogP contribution >= 0.6 is 0 Å². The van der Waals surface area contributed by atoms with Crippen LogP contribution in [0.15, 0.2) is 48.5 Å². The van der Waals surface area contributed by atoms with Crippen LogP contribution < -0.4 is 4.74 Å². The molecular formula is C17H22O. The molecule has 0 aliphatic heterocycles. The molecule has 0 atom stereocenters. The van der Waals surface area contributed by atoms with Crippen LogP contribution in [0.25, 0.3) is 11.1 Å². The molecular weight excluding hydrogens is 220 g/mol. The quantitative estimate of drug-likeness (QED) is 0.740. The third-order valence-electron chi connectivity index (χ3n) is 2.76. The normalized spacial score (nSPS) is 9.33. The molecule has 96 valence electrons. The third-order valence-corrected chi connectivity index (χ3v) is 2.76. The molecule has 2 aromatic rings. The molecule has 0 amide bonds. The lowest BCUT2D eigenvalue weighted by atomic mass is 10.0. The number of hydrogen-bond acceptors (Lipinski definition) is 1. The van der Waals surface area contributed by atoms with Crippen molar-refractivity contribution in [1.82, 2.24) is 0 Å². The molecule has 0 saturated carbocycles. The van der Waals surface area contributed by atoms with E-state index in [1.165, 1.54) is 11.1 Å². The van der Waals surface area contributed by atoms with Gasteiger partial charge in [0, 0.05) is 5.56 Å². The number of methoxy groups -OCH3 is 1. The van der Waals surface area contributed by atoms with E-state index in [2.05, 4.69) is 37.3 Å². The lowest BCUT2D eigenvalue weighted by Crippen LogP contribution is -1.90. The van der Waals surface area contributed by atoms with Crippen molar-refractivity contribution in [2.75, 3.05) is 7.11 Å². The smallest absolute Gasteiger partial charge is 0.126 e. The minimum atomic E-state index is 0.950. The number of benzene rings is 2. The predicted octanol–water partition coefficient (Wildman–Crippen LogP) is 4.95. The van der Waals surface area contributed by atoms with E-state index in [0.717, 1.165) is 17.7 Å². The molecule has 1 nitrogen and oxygen atoms in total. The van der Waals surface area contributed by atoms with Gasteiger partial charge in [0.25, 0.3) is 0 Å². The monoisotopic (exact) mass is 242 g/mol. The first-order valence-electron chi connectivity index (χ1n) is 6.57. The minimum Gasteiger partial charge on any atom is -0.496 e. The van der Waals surface area contributed by atoms with E-state index in [4.69, 9.17) is 4.74 Å². The summed E-state index contributed by atoms with van der Waals surface area (Å²) < 4.78 is 5.44. The summed E-state index contributed by atoms with van der Waals surface area (Å²) in [5.41, 5.74) is 3.65. The zero-order valence-electron chi connectivity index (χ0n) is 11.7. The number of rotatable bonds is 3. The first-order chi connectivity index (χ1) is 8.85. The van der Waals surface area contributed by atoms with Gasteiger partial charge in [0.1, 0.15) is 5.75 Å². The van der Waals surface area contributed by atoms with Crippen molar-refractivity contribution in [2.24, 2.45) is 0 Å². The Balaban J connectivity index is 0.000000771. The van der Waals surface area contributed by atoms with E-state index in [0.29, 0.717) is 0 Å². The topological polar surface area (TPSA) is 9.23 Å². The number of aryl methyl sites for hydroxylation is 1. The zero-order valence-corrected chi connectivity index (χ0v) is 11.7. The van der Waals surface area contributed by atoms with E-state index in [1.807, 2.05) is 32.0 Å². The van der Waals surface area contributed by atoms with Crippen LogP contribution in [-0.2, 0) is 6.42 Å². The average Bonchev–Trinajstić information content (AvgIpc) is 2.49. The van der Waals surface area contributed by atoms with Gasteiger partial charge in [-0.15, -0.1) is 0 Å². The van der Waals surface area contributed by atoms with Crippen molar-refractivity contribution in [2.45, 2.75) is 27.2 Å². The highest BCUT2D eigenvalue weighted by molar-refractivity contribution is 5.70. The summed E-state index contributed by atoms with van der Waals surface area (Å²) in [7, 11) is 1.72. The largest absolute Gasteiger partial charge is 0.496 e. The van der Waals surface area contributed by atoms with Gasteiger partial charge in [0.15, 0.2) is 0 Å². The second-order valence-corrected chi connectivity index (χ2v) is 3.75. The lowest BCUT2D eigenvalue weighted by Gasteiger charge is -2.10.